The molecule has 4 nitrogen and oxygen atoms in total. The first-order valence-corrected chi connectivity index (χ1v) is 7.84. The molecule has 0 radical (unpaired) electrons. The Morgan fingerprint density at radius 3 is 2.75 bits per heavy atom. The molecule has 0 aliphatic rings. The van der Waals surface area contributed by atoms with Crippen LogP contribution >= 0.6 is 22.7 Å². The Hall–Kier alpha value is -2.05. The van der Waals surface area contributed by atoms with Crippen molar-refractivity contribution in [1.82, 2.24) is 19.8 Å². The quantitative estimate of drug-likeness (QED) is 0.564. The first kappa shape index (κ1) is 11.7. The summed E-state index contributed by atoms with van der Waals surface area (Å²) in [5, 5.41) is 16.1. The summed E-state index contributed by atoms with van der Waals surface area (Å²) in [5.41, 5.74) is 2.37. The predicted molar refractivity (Wildman–Crippen MR) is 82.1 cm³/mol. The molecule has 0 fully saturated rings. The zero-order valence-electron chi connectivity index (χ0n) is 10.6. The third-order valence-corrected chi connectivity index (χ3v) is 4.91. The van der Waals surface area contributed by atoms with Crippen molar-refractivity contribution >= 4 is 27.6 Å². The molecule has 0 saturated carbocycles. The van der Waals surface area contributed by atoms with E-state index < -0.39 is 0 Å². The fraction of sp³-hybridized carbons (Fsp3) is 0.0714. The van der Waals surface area contributed by atoms with E-state index in [1.807, 2.05) is 34.2 Å². The van der Waals surface area contributed by atoms with Gasteiger partial charge in [-0.2, -0.15) is 9.61 Å². The summed E-state index contributed by atoms with van der Waals surface area (Å²) in [6.45, 7) is 2.10. The van der Waals surface area contributed by atoms with Gasteiger partial charge in [0.2, 0.25) is 4.96 Å². The molecule has 6 heteroatoms. The first-order valence-electron chi connectivity index (χ1n) is 6.15. The number of benzene rings is 1. The van der Waals surface area contributed by atoms with Crippen LogP contribution in [0.25, 0.3) is 26.2 Å². The van der Waals surface area contributed by atoms with Crippen molar-refractivity contribution in [3.63, 3.8) is 0 Å². The van der Waals surface area contributed by atoms with Crippen molar-refractivity contribution < 1.29 is 0 Å². The average molecular weight is 298 g/mol. The number of rotatable bonds is 2. The number of thiophene rings is 1. The molecule has 4 rings (SSSR count). The number of hydrogen-bond acceptors (Lipinski definition) is 5. The molecular weight excluding hydrogens is 288 g/mol. The van der Waals surface area contributed by atoms with Crippen molar-refractivity contribution in [3.8, 4) is 21.3 Å². The topological polar surface area (TPSA) is 43.1 Å². The number of aryl methyl sites for hydroxylation is 1. The molecule has 0 saturated heterocycles. The van der Waals surface area contributed by atoms with Gasteiger partial charge in [-0.1, -0.05) is 41.7 Å². The van der Waals surface area contributed by atoms with Crippen LogP contribution in [-0.2, 0) is 0 Å². The van der Waals surface area contributed by atoms with Crippen LogP contribution in [0.1, 0.15) is 5.56 Å². The highest BCUT2D eigenvalue weighted by atomic mass is 32.1. The van der Waals surface area contributed by atoms with E-state index in [4.69, 9.17) is 0 Å². The maximum absolute atomic E-state index is 4.68. The van der Waals surface area contributed by atoms with Crippen molar-refractivity contribution in [3.05, 3.63) is 47.3 Å². The molecule has 0 bridgehead atoms. The van der Waals surface area contributed by atoms with E-state index in [-0.39, 0.29) is 0 Å². The standard InChI is InChI=1S/C14H10N4S2/c1-9-5-2-3-6-10(9)13-17-18-12(11-7-4-8-19-11)15-16-14(18)20-13/h2-8H,1H3. The molecule has 0 spiro atoms. The maximum Gasteiger partial charge on any atom is 0.235 e. The summed E-state index contributed by atoms with van der Waals surface area (Å²) < 4.78 is 1.83. The molecule has 4 aromatic rings. The Balaban J connectivity index is 1.91. The molecule has 1 aromatic carbocycles. The minimum atomic E-state index is 0.811. The van der Waals surface area contributed by atoms with Crippen LogP contribution in [0.4, 0.5) is 0 Å². The fourth-order valence-corrected chi connectivity index (χ4v) is 3.72. The molecular formula is C14H10N4S2. The van der Waals surface area contributed by atoms with Gasteiger partial charge >= 0.3 is 0 Å². The fourth-order valence-electron chi connectivity index (χ4n) is 2.10. The van der Waals surface area contributed by atoms with Crippen molar-refractivity contribution in [2.24, 2.45) is 0 Å². The third kappa shape index (κ3) is 1.76. The van der Waals surface area contributed by atoms with Crippen LogP contribution in [0.5, 0.6) is 0 Å². The smallest absolute Gasteiger partial charge is 0.181 e. The van der Waals surface area contributed by atoms with Crippen LogP contribution in [0.15, 0.2) is 41.8 Å². The van der Waals surface area contributed by atoms with E-state index in [0.717, 1.165) is 26.2 Å². The van der Waals surface area contributed by atoms with Gasteiger partial charge in [-0.05, 0) is 23.9 Å². The van der Waals surface area contributed by atoms with E-state index in [1.165, 1.54) is 5.56 Å². The van der Waals surface area contributed by atoms with E-state index in [9.17, 15) is 0 Å². The third-order valence-electron chi connectivity index (χ3n) is 3.11. The minimum Gasteiger partial charge on any atom is -0.181 e. The van der Waals surface area contributed by atoms with Crippen LogP contribution < -0.4 is 0 Å². The summed E-state index contributed by atoms with van der Waals surface area (Å²) >= 11 is 3.21. The van der Waals surface area contributed by atoms with Crippen LogP contribution in [0.2, 0.25) is 0 Å². The van der Waals surface area contributed by atoms with E-state index in [0.29, 0.717) is 0 Å². The Morgan fingerprint density at radius 1 is 1.05 bits per heavy atom. The normalized spacial score (nSPS) is 11.2. The molecule has 0 aliphatic heterocycles. The molecule has 20 heavy (non-hydrogen) atoms. The zero-order valence-corrected chi connectivity index (χ0v) is 12.3. The zero-order chi connectivity index (χ0) is 13.5. The molecule has 3 heterocycles. The van der Waals surface area contributed by atoms with Gasteiger partial charge in [-0.15, -0.1) is 21.5 Å². The molecule has 0 amide bonds. The van der Waals surface area contributed by atoms with E-state index in [2.05, 4.69) is 34.4 Å². The lowest BCUT2D eigenvalue weighted by Crippen LogP contribution is -1.89. The second-order valence-electron chi connectivity index (χ2n) is 4.42. The van der Waals surface area contributed by atoms with Crippen molar-refractivity contribution in [2.45, 2.75) is 6.92 Å². The summed E-state index contributed by atoms with van der Waals surface area (Å²) in [4.78, 5) is 1.91. The van der Waals surface area contributed by atoms with Gasteiger partial charge in [0.05, 0.1) is 4.88 Å². The molecule has 0 aliphatic carbocycles. The predicted octanol–water partition coefficient (Wildman–Crippen LogP) is 3.89. The summed E-state index contributed by atoms with van der Waals surface area (Å²) in [7, 11) is 0. The number of nitrogens with zero attached hydrogens (tertiary/aromatic N) is 4. The molecule has 0 N–H and O–H groups in total. The van der Waals surface area contributed by atoms with E-state index >= 15 is 0 Å². The van der Waals surface area contributed by atoms with Crippen LogP contribution in [-0.4, -0.2) is 19.8 Å². The number of hydrogen-bond donors (Lipinski definition) is 0. The second kappa shape index (κ2) is 4.50. The van der Waals surface area contributed by atoms with Gasteiger partial charge in [-0.25, -0.2) is 0 Å². The molecule has 0 unspecified atom stereocenters. The van der Waals surface area contributed by atoms with Gasteiger partial charge in [-0.3, -0.25) is 0 Å². The Labute approximate surface area is 123 Å². The Morgan fingerprint density at radius 2 is 1.95 bits per heavy atom. The highest BCUT2D eigenvalue weighted by Crippen LogP contribution is 2.30. The lowest BCUT2D eigenvalue weighted by atomic mass is 10.1. The van der Waals surface area contributed by atoms with Gasteiger partial charge in [0.25, 0.3) is 0 Å². The van der Waals surface area contributed by atoms with Gasteiger partial charge in [0, 0.05) is 5.56 Å². The Kier molecular flexibility index (Phi) is 2.64. The number of aromatic nitrogens is 4. The SMILES string of the molecule is Cc1ccccc1-c1nn2c(-c3cccs3)nnc2s1. The van der Waals surface area contributed by atoms with Crippen molar-refractivity contribution in [2.75, 3.05) is 0 Å². The largest absolute Gasteiger partial charge is 0.235 e. The maximum atomic E-state index is 4.68. The summed E-state index contributed by atoms with van der Waals surface area (Å²) in [6.07, 6.45) is 0. The monoisotopic (exact) mass is 298 g/mol. The van der Waals surface area contributed by atoms with Gasteiger partial charge < -0.3 is 0 Å². The summed E-state index contributed by atoms with van der Waals surface area (Å²) in [5.74, 6) is 0.811. The molecule has 98 valence electrons. The van der Waals surface area contributed by atoms with Crippen LogP contribution in [0.3, 0.4) is 0 Å². The summed E-state index contributed by atoms with van der Waals surface area (Å²) in [6, 6.07) is 12.3. The Bertz CT molecular complexity index is 874. The lowest BCUT2D eigenvalue weighted by Gasteiger charge is -1.99. The second-order valence-corrected chi connectivity index (χ2v) is 6.32. The van der Waals surface area contributed by atoms with Gasteiger partial charge in [0.1, 0.15) is 5.01 Å². The van der Waals surface area contributed by atoms with Crippen molar-refractivity contribution in [1.29, 1.82) is 0 Å². The minimum absolute atomic E-state index is 0.811. The van der Waals surface area contributed by atoms with Gasteiger partial charge in [0.15, 0.2) is 5.82 Å². The highest BCUT2D eigenvalue weighted by Gasteiger charge is 2.15. The first-order chi connectivity index (χ1) is 9.83. The highest BCUT2D eigenvalue weighted by molar-refractivity contribution is 7.20. The lowest BCUT2D eigenvalue weighted by molar-refractivity contribution is 0.973. The van der Waals surface area contributed by atoms with E-state index in [1.54, 1.807) is 22.7 Å². The average Bonchev–Trinajstić information content (AvgIpc) is 3.14. The van der Waals surface area contributed by atoms with Crippen LogP contribution in [0, 0.1) is 6.92 Å². The number of fused-ring (bicyclic) bond motifs is 1. The molecule has 0 atom stereocenters. The molecule has 3 aromatic heterocycles.